The molecule has 0 bridgehead atoms. The Morgan fingerprint density at radius 2 is 0.600 bits per heavy atom. The summed E-state index contributed by atoms with van der Waals surface area (Å²) in [6.07, 6.45) is 67.4. The minimum absolute atomic E-state index is 0.0928. The van der Waals surface area contributed by atoms with Crippen LogP contribution in [0.2, 0.25) is 0 Å². The first-order valence-electron chi connectivity index (χ1n) is 27.4. The quantitative estimate of drug-likeness (QED) is 0.0262. The Morgan fingerprint density at radius 3 is 0.985 bits per heavy atom. The SMILES string of the molecule is CC/C=C\C/C=C\C/C=C\C/C=C\CCCCC(=O)OC(COC(=O)CCCCCCCCC/C=C\C/C=C\CCCCCC)COC(=O)CCCCCCCCCCCCCCCC. The van der Waals surface area contributed by atoms with Crippen LogP contribution in [-0.4, -0.2) is 37.2 Å². The van der Waals surface area contributed by atoms with Crippen molar-refractivity contribution in [2.24, 2.45) is 0 Å². The van der Waals surface area contributed by atoms with Crippen molar-refractivity contribution in [3.05, 3.63) is 72.9 Å². The maximum absolute atomic E-state index is 12.8. The smallest absolute Gasteiger partial charge is 0.306 e. The fourth-order valence-electron chi connectivity index (χ4n) is 7.58. The average molecular weight is 907 g/mol. The van der Waals surface area contributed by atoms with Crippen molar-refractivity contribution in [3.63, 3.8) is 0 Å². The van der Waals surface area contributed by atoms with Crippen molar-refractivity contribution in [3.8, 4) is 0 Å². The highest BCUT2D eigenvalue weighted by atomic mass is 16.6. The third-order valence-corrected chi connectivity index (χ3v) is 11.7. The molecule has 0 fully saturated rings. The highest BCUT2D eigenvalue weighted by Crippen LogP contribution is 2.15. The monoisotopic (exact) mass is 907 g/mol. The summed E-state index contributed by atoms with van der Waals surface area (Å²) in [5.74, 6) is -0.936. The lowest BCUT2D eigenvalue weighted by Gasteiger charge is -2.18. The van der Waals surface area contributed by atoms with Gasteiger partial charge in [0.05, 0.1) is 0 Å². The maximum Gasteiger partial charge on any atom is 0.306 e. The molecule has 0 aromatic carbocycles. The molecule has 0 radical (unpaired) electrons. The van der Waals surface area contributed by atoms with Gasteiger partial charge in [-0.05, 0) is 89.9 Å². The second-order valence-electron chi connectivity index (χ2n) is 18.1. The topological polar surface area (TPSA) is 78.9 Å². The van der Waals surface area contributed by atoms with Gasteiger partial charge in [0.1, 0.15) is 13.2 Å². The van der Waals surface area contributed by atoms with E-state index in [0.717, 1.165) is 89.9 Å². The molecule has 0 aliphatic heterocycles. The molecule has 0 aliphatic rings. The van der Waals surface area contributed by atoms with Crippen LogP contribution in [0.5, 0.6) is 0 Å². The van der Waals surface area contributed by atoms with Crippen LogP contribution < -0.4 is 0 Å². The summed E-state index contributed by atoms with van der Waals surface area (Å²) in [6.45, 7) is 6.48. The van der Waals surface area contributed by atoms with E-state index in [1.807, 2.05) is 0 Å². The third kappa shape index (κ3) is 51.7. The molecule has 1 unspecified atom stereocenters. The van der Waals surface area contributed by atoms with Gasteiger partial charge < -0.3 is 14.2 Å². The number of rotatable bonds is 49. The van der Waals surface area contributed by atoms with E-state index in [0.29, 0.717) is 19.3 Å². The zero-order chi connectivity index (χ0) is 47.2. The van der Waals surface area contributed by atoms with Crippen LogP contribution in [0.4, 0.5) is 0 Å². The summed E-state index contributed by atoms with van der Waals surface area (Å²) in [7, 11) is 0. The molecule has 0 aromatic rings. The van der Waals surface area contributed by atoms with E-state index in [1.54, 1.807) is 0 Å². The van der Waals surface area contributed by atoms with Crippen LogP contribution in [0.15, 0.2) is 72.9 Å². The van der Waals surface area contributed by atoms with Gasteiger partial charge in [-0.2, -0.15) is 0 Å². The molecular formula is C59H102O6. The number of esters is 3. The van der Waals surface area contributed by atoms with Crippen molar-refractivity contribution >= 4 is 17.9 Å². The third-order valence-electron chi connectivity index (χ3n) is 11.7. The summed E-state index contributed by atoms with van der Waals surface area (Å²) in [6, 6.07) is 0. The van der Waals surface area contributed by atoms with Gasteiger partial charge in [0.15, 0.2) is 6.10 Å². The molecule has 6 heteroatoms. The fourth-order valence-corrected chi connectivity index (χ4v) is 7.58. The van der Waals surface area contributed by atoms with Crippen molar-refractivity contribution in [2.45, 2.75) is 271 Å². The Balaban J connectivity index is 4.43. The molecule has 0 saturated carbocycles. The molecule has 65 heavy (non-hydrogen) atoms. The van der Waals surface area contributed by atoms with Crippen LogP contribution >= 0.6 is 0 Å². The van der Waals surface area contributed by atoms with Crippen molar-refractivity contribution in [1.29, 1.82) is 0 Å². The Labute approximate surface area is 402 Å². The average Bonchev–Trinajstić information content (AvgIpc) is 3.30. The van der Waals surface area contributed by atoms with Gasteiger partial charge >= 0.3 is 17.9 Å². The predicted molar refractivity (Wildman–Crippen MR) is 279 cm³/mol. The second kappa shape index (κ2) is 53.5. The molecular weight excluding hydrogens is 805 g/mol. The number of allylic oxidation sites excluding steroid dienone is 12. The van der Waals surface area contributed by atoms with Gasteiger partial charge in [-0.1, -0.05) is 229 Å². The zero-order valence-corrected chi connectivity index (χ0v) is 42.7. The van der Waals surface area contributed by atoms with E-state index in [9.17, 15) is 14.4 Å². The van der Waals surface area contributed by atoms with Crippen molar-refractivity contribution in [1.82, 2.24) is 0 Å². The zero-order valence-electron chi connectivity index (χ0n) is 42.7. The first kappa shape index (κ1) is 61.9. The number of hydrogen-bond acceptors (Lipinski definition) is 6. The van der Waals surface area contributed by atoms with Crippen molar-refractivity contribution < 1.29 is 28.6 Å². The molecule has 0 heterocycles. The molecule has 0 saturated heterocycles. The first-order chi connectivity index (χ1) is 32.0. The lowest BCUT2D eigenvalue weighted by molar-refractivity contribution is -0.167. The second-order valence-corrected chi connectivity index (χ2v) is 18.1. The fraction of sp³-hybridized carbons (Fsp3) is 0.746. The van der Waals surface area contributed by atoms with E-state index in [2.05, 4.69) is 93.7 Å². The van der Waals surface area contributed by atoms with Crippen LogP contribution in [0.1, 0.15) is 265 Å². The van der Waals surface area contributed by atoms with Gasteiger partial charge in [0, 0.05) is 19.3 Å². The summed E-state index contributed by atoms with van der Waals surface area (Å²) in [5.41, 5.74) is 0. The lowest BCUT2D eigenvalue weighted by atomic mass is 10.0. The van der Waals surface area contributed by atoms with Crippen LogP contribution in [0, 0.1) is 0 Å². The van der Waals surface area contributed by atoms with E-state index >= 15 is 0 Å². The summed E-state index contributed by atoms with van der Waals surface area (Å²) < 4.78 is 16.8. The largest absolute Gasteiger partial charge is 0.462 e. The number of carbonyl (C=O) groups is 3. The number of hydrogen-bond donors (Lipinski definition) is 0. The Bertz CT molecular complexity index is 1230. The van der Waals surface area contributed by atoms with Crippen LogP contribution in [0.3, 0.4) is 0 Å². The number of ether oxygens (including phenoxy) is 3. The Morgan fingerprint density at radius 1 is 0.323 bits per heavy atom. The number of unbranched alkanes of at least 4 members (excludes halogenated alkanes) is 26. The van der Waals surface area contributed by atoms with Crippen LogP contribution in [-0.2, 0) is 28.6 Å². The normalized spacial score (nSPS) is 12.6. The van der Waals surface area contributed by atoms with Gasteiger partial charge in [0.2, 0.25) is 0 Å². The lowest BCUT2D eigenvalue weighted by Crippen LogP contribution is -2.30. The molecule has 374 valence electrons. The van der Waals surface area contributed by atoms with E-state index in [4.69, 9.17) is 14.2 Å². The maximum atomic E-state index is 12.8. The molecule has 6 nitrogen and oxygen atoms in total. The standard InChI is InChI=1S/C59H102O6/c1-4-7-10-13-16-19-22-25-28-29-30-32-34-37-40-43-46-49-52-58(61)64-55-56(54-63-57(60)51-48-45-42-39-36-33-27-24-21-18-15-12-9-6-3)65-59(62)53-50-47-44-41-38-35-31-26-23-20-17-14-11-8-5-2/h8,11,17,19-20,22,26,28-29,31,38,41,56H,4-7,9-10,12-16,18,21,23-25,27,30,32-37,39-40,42-55H2,1-3H3/b11-8-,20-17-,22-19-,29-28-,31-26-,41-38-. The summed E-state index contributed by atoms with van der Waals surface area (Å²) in [4.78, 5) is 38.1. The van der Waals surface area contributed by atoms with Gasteiger partial charge in [0.25, 0.3) is 0 Å². The molecule has 0 aliphatic carbocycles. The Hall–Kier alpha value is -3.15. The summed E-state index contributed by atoms with van der Waals surface area (Å²) in [5, 5.41) is 0. The highest BCUT2D eigenvalue weighted by molar-refractivity contribution is 5.71. The van der Waals surface area contributed by atoms with Gasteiger partial charge in [-0.25, -0.2) is 0 Å². The number of carbonyl (C=O) groups excluding carboxylic acids is 3. The first-order valence-corrected chi connectivity index (χ1v) is 27.4. The molecule has 0 spiro atoms. The van der Waals surface area contributed by atoms with Crippen molar-refractivity contribution in [2.75, 3.05) is 13.2 Å². The van der Waals surface area contributed by atoms with E-state index in [1.165, 1.54) is 128 Å². The van der Waals surface area contributed by atoms with Crippen LogP contribution in [0.25, 0.3) is 0 Å². The summed E-state index contributed by atoms with van der Waals surface area (Å²) >= 11 is 0. The Kier molecular flexibility index (Phi) is 50.9. The molecule has 1 atom stereocenters. The molecule has 0 aromatic heterocycles. The van der Waals surface area contributed by atoms with E-state index in [-0.39, 0.29) is 37.5 Å². The van der Waals surface area contributed by atoms with Gasteiger partial charge in [-0.3, -0.25) is 14.4 Å². The predicted octanol–water partition coefficient (Wildman–Crippen LogP) is 18.2. The minimum Gasteiger partial charge on any atom is -0.462 e. The van der Waals surface area contributed by atoms with Gasteiger partial charge in [-0.15, -0.1) is 0 Å². The highest BCUT2D eigenvalue weighted by Gasteiger charge is 2.19. The van der Waals surface area contributed by atoms with E-state index < -0.39 is 6.10 Å². The molecule has 0 rings (SSSR count). The minimum atomic E-state index is -0.798. The molecule has 0 N–H and O–H groups in total. The molecule has 0 amide bonds.